The first-order valence-electron chi connectivity index (χ1n) is 6.19. The normalized spacial score (nSPS) is 37.0. The number of nitrogens with zero attached hydrogens (tertiary/aromatic N) is 1. The van der Waals surface area contributed by atoms with Crippen LogP contribution in [-0.4, -0.2) is 48.8 Å². The van der Waals surface area contributed by atoms with E-state index < -0.39 is 0 Å². The number of rotatable bonds is 2. The maximum absolute atomic E-state index is 9.90. The van der Waals surface area contributed by atoms with Gasteiger partial charge in [0.25, 0.3) is 0 Å². The van der Waals surface area contributed by atoms with E-state index in [0.717, 1.165) is 32.1 Å². The second-order valence-electron chi connectivity index (χ2n) is 5.91. The lowest BCUT2D eigenvalue weighted by Crippen LogP contribution is -2.38. The fraction of sp³-hybridized carbons (Fsp3) is 1.00. The first kappa shape index (κ1) is 11.4. The molecule has 0 aromatic heterocycles. The third-order valence-electron chi connectivity index (χ3n) is 3.88. The molecule has 0 radical (unpaired) electrons. The van der Waals surface area contributed by atoms with Gasteiger partial charge in [-0.25, -0.2) is 0 Å². The van der Waals surface area contributed by atoms with Crippen molar-refractivity contribution in [2.75, 3.05) is 32.7 Å². The molecule has 0 aromatic rings. The van der Waals surface area contributed by atoms with Crippen molar-refractivity contribution in [1.82, 2.24) is 10.2 Å². The Morgan fingerprint density at radius 2 is 2.27 bits per heavy atom. The number of β-amino-alcohol motifs (C(OH)–C–C–N with tert-alkyl or cyclic N) is 1. The average Bonchev–Trinajstić information content (AvgIpc) is 2.42. The Kier molecular flexibility index (Phi) is 3.33. The second kappa shape index (κ2) is 4.40. The van der Waals surface area contributed by atoms with Crippen molar-refractivity contribution in [3.8, 4) is 0 Å². The summed E-state index contributed by atoms with van der Waals surface area (Å²) in [6.45, 7) is 9.74. The molecule has 15 heavy (non-hydrogen) atoms. The Balaban J connectivity index is 1.81. The topological polar surface area (TPSA) is 35.5 Å². The molecule has 88 valence electrons. The minimum atomic E-state index is -0.144. The van der Waals surface area contributed by atoms with Crippen molar-refractivity contribution < 1.29 is 5.11 Å². The van der Waals surface area contributed by atoms with Gasteiger partial charge in [-0.15, -0.1) is 0 Å². The molecule has 2 unspecified atom stereocenters. The molecule has 0 amide bonds. The van der Waals surface area contributed by atoms with E-state index in [-0.39, 0.29) is 11.5 Å². The summed E-state index contributed by atoms with van der Waals surface area (Å²) in [5, 5.41) is 13.4. The van der Waals surface area contributed by atoms with Gasteiger partial charge in [-0.3, -0.25) is 4.90 Å². The highest BCUT2D eigenvalue weighted by Crippen LogP contribution is 2.30. The van der Waals surface area contributed by atoms with Crippen LogP contribution in [0.3, 0.4) is 0 Å². The van der Waals surface area contributed by atoms with Crippen molar-refractivity contribution in [2.45, 2.75) is 32.8 Å². The van der Waals surface area contributed by atoms with Crippen LogP contribution >= 0.6 is 0 Å². The van der Waals surface area contributed by atoms with Crippen LogP contribution in [0.2, 0.25) is 0 Å². The van der Waals surface area contributed by atoms with E-state index in [1.165, 1.54) is 19.4 Å². The van der Waals surface area contributed by atoms with Crippen LogP contribution in [0.4, 0.5) is 0 Å². The van der Waals surface area contributed by atoms with Crippen LogP contribution in [0.15, 0.2) is 0 Å². The summed E-state index contributed by atoms with van der Waals surface area (Å²) in [6, 6.07) is 0. The molecule has 3 heteroatoms. The van der Waals surface area contributed by atoms with Gasteiger partial charge in [-0.05, 0) is 31.8 Å². The molecule has 2 rings (SSSR count). The predicted molar refractivity (Wildman–Crippen MR) is 61.8 cm³/mol. The summed E-state index contributed by atoms with van der Waals surface area (Å²) in [7, 11) is 0. The smallest absolute Gasteiger partial charge is 0.0730 e. The molecule has 2 N–H and O–H groups in total. The Morgan fingerprint density at radius 3 is 2.80 bits per heavy atom. The van der Waals surface area contributed by atoms with Gasteiger partial charge >= 0.3 is 0 Å². The number of hydrogen-bond acceptors (Lipinski definition) is 3. The zero-order valence-corrected chi connectivity index (χ0v) is 10.00. The summed E-state index contributed by atoms with van der Waals surface area (Å²) in [5.74, 6) is 0.792. The van der Waals surface area contributed by atoms with E-state index in [1.807, 2.05) is 0 Å². The van der Waals surface area contributed by atoms with Gasteiger partial charge in [0.05, 0.1) is 6.10 Å². The molecule has 0 bridgehead atoms. The Morgan fingerprint density at radius 1 is 1.47 bits per heavy atom. The van der Waals surface area contributed by atoms with E-state index in [9.17, 15) is 5.11 Å². The molecule has 2 aliphatic rings. The second-order valence-corrected chi connectivity index (χ2v) is 5.91. The molecule has 0 saturated carbocycles. The number of aliphatic hydroxyl groups is 1. The predicted octanol–water partition coefficient (Wildman–Crippen LogP) is 0.689. The number of hydrogen-bond donors (Lipinski definition) is 2. The lowest BCUT2D eigenvalue weighted by atomic mass is 9.90. The van der Waals surface area contributed by atoms with Crippen molar-refractivity contribution in [1.29, 1.82) is 0 Å². The van der Waals surface area contributed by atoms with Gasteiger partial charge in [-0.2, -0.15) is 0 Å². The van der Waals surface area contributed by atoms with E-state index >= 15 is 0 Å². The Hall–Kier alpha value is -0.120. The quantitative estimate of drug-likeness (QED) is 0.707. The number of piperidine rings is 1. The maximum Gasteiger partial charge on any atom is 0.0730 e. The number of aliphatic hydroxyl groups excluding tert-OH is 1. The molecular weight excluding hydrogens is 188 g/mol. The highest BCUT2D eigenvalue weighted by Gasteiger charge is 2.38. The van der Waals surface area contributed by atoms with E-state index in [4.69, 9.17) is 0 Å². The van der Waals surface area contributed by atoms with Gasteiger partial charge in [0.2, 0.25) is 0 Å². The van der Waals surface area contributed by atoms with E-state index in [0.29, 0.717) is 0 Å². The van der Waals surface area contributed by atoms with Crippen LogP contribution in [-0.2, 0) is 0 Å². The maximum atomic E-state index is 9.90. The van der Waals surface area contributed by atoms with Crippen LogP contribution < -0.4 is 5.32 Å². The standard InChI is InChI=1S/C12H24N2O/c1-12(2)9-14(8-11(12)15)7-10-4-3-5-13-6-10/h10-11,13,15H,3-9H2,1-2H3. The highest BCUT2D eigenvalue weighted by atomic mass is 16.3. The van der Waals surface area contributed by atoms with Crippen LogP contribution in [0, 0.1) is 11.3 Å². The lowest BCUT2D eigenvalue weighted by molar-refractivity contribution is 0.0953. The molecular formula is C12H24N2O. The molecule has 2 heterocycles. The van der Waals surface area contributed by atoms with E-state index in [2.05, 4.69) is 24.1 Å². The van der Waals surface area contributed by atoms with Crippen molar-refractivity contribution in [3.63, 3.8) is 0 Å². The zero-order chi connectivity index (χ0) is 10.9. The molecule has 2 saturated heterocycles. The van der Waals surface area contributed by atoms with Gasteiger partial charge in [-0.1, -0.05) is 13.8 Å². The van der Waals surface area contributed by atoms with Gasteiger partial charge in [0.1, 0.15) is 0 Å². The number of nitrogens with one attached hydrogen (secondary N) is 1. The fourth-order valence-corrected chi connectivity index (χ4v) is 2.82. The summed E-state index contributed by atoms with van der Waals surface area (Å²) in [5.41, 5.74) is 0.0854. The molecule has 2 aliphatic heterocycles. The van der Waals surface area contributed by atoms with Crippen LogP contribution in [0.25, 0.3) is 0 Å². The first-order valence-corrected chi connectivity index (χ1v) is 6.19. The first-order chi connectivity index (χ1) is 7.08. The summed E-state index contributed by atoms with van der Waals surface area (Å²) < 4.78 is 0. The van der Waals surface area contributed by atoms with Crippen molar-refractivity contribution >= 4 is 0 Å². The molecule has 2 atom stereocenters. The van der Waals surface area contributed by atoms with Crippen molar-refractivity contribution in [2.24, 2.45) is 11.3 Å². The molecule has 0 spiro atoms. The monoisotopic (exact) mass is 212 g/mol. The van der Waals surface area contributed by atoms with Crippen LogP contribution in [0.1, 0.15) is 26.7 Å². The molecule has 2 fully saturated rings. The lowest BCUT2D eigenvalue weighted by Gasteiger charge is -2.28. The van der Waals surface area contributed by atoms with Crippen molar-refractivity contribution in [3.05, 3.63) is 0 Å². The highest BCUT2D eigenvalue weighted by molar-refractivity contribution is 4.91. The summed E-state index contributed by atoms with van der Waals surface area (Å²) in [6.07, 6.45) is 2.51. The largest absolute Gasteiger partial charge is 0.391 e. The minimum Gasteiger partial charge on any atom is -0.391 e. The third-order valence-corrected chi connectivity index (χ3v) is 3.88. The summed E-state index contributed by atoms with van der Waals surface area (Å²) in [4.78, 5) is 2.43. The Bertz CT molecular complexity index is 212. The molecule has 0 aromatic carbocycles. The fourth-order valence-electron chi connectivity index (χ4n) is 2.82. The average molecular weight is 212 g/mol. The van der Waals surface area contributed by atoms with Gasteiger partial charge in [0.15, 0.2) is 0 Å². The molecule has 3 nitrogen and oxygen atoms in total. The van der Waals surface area contributed by atoms with Gasteiger partial charge in [0, 0.05) is 25.0 Å². The van der Waals surface area contributed by atoms with Gasteiger partial charge < -0.3 is 10.4 Å². The third kappa shape index (κ3) is 2.71. The van der Waals surface area contributed by atoms with E-state index in [1.54, 1.807) is 0 Å². The zero-order valence-electron chi connectivity index (χ0n) is 10.00. The summed E-state index contributed by atoms with van der Waals surface area (Å²) >= 11 is 0. The SMILES string of the molecule is CC1(C)CN(CC2CCCNC2)CC1O. The minimum absolute atomic E-state index is 0.0854. The van der Waals surface area contributed by atoms with Crippen LogP contribution in [0.5, 0.6) is 0 Å². The number of likely N-dealkylation sites (tertiary alicyclic amines) is 1. The Labute approximate surface area is 92.8 Å². The molecule has 0 aliphatic carbocycles.